The minimum atomic E-state index is 0.615. The highest BCUT2D eigenvalue weighted by atomic mass is 32.2. The lowest BCUT2D eigenvalue weighted by molar-refractivity contribution is 0.471. The van der Waals surface area contributed by atoms with Gasteiger partial charge in [0.05, 0.1) is 0 Å². The number of benzene rings is 2. The first-order valence-corrected chi connectivity index (χ1v) is 7.97. The summed E-state index contributed by atoms with van der Waals surface area (Å²) in [4.78, 5) is 0.973. The second-order valence-corrected chi connectivity index (χ2v) is 6.24. The van der Waals surface area contributed by atoms with Crippen molar-refractivity contribution in [2.75, 3.05) is 5.75 Å². The van der Waals surface area contributed by atoms with Crippen molar-refractivity contribution in [1.82, 2.24) is 0 Å². The Kier molecular flexibility index (Phi) is 4.93. The van der Waals surface area contributed by atoms with Crippen LogP contribution in [0.2, 0.25) is 0 Å². The smallest absolute Gasteiger partial charge is 0.146 e. The van der Waals surface area contributed by atoms with E-state index in [1.807, 2.05) is 38.1 Å². The summed E-state index contributed by atoms with van der Waals surface area (Å²) >= 11 is 1.66. The fourth-order valence-corrected chi connectivity index (χ4v) is 2.95. The van der Waals surface area contributed by atoms with Gasteiger partial charge in [0.2, 0.25) is 0 Å². The molecule has 0 aliphatic carbocycles. The number of nitrogens with zero attached hydrogens (tertiary/aromatic N) is 1. The van der Waals surface area contributed by atoms with Gasteiger partial charge in [0.15, 0.2) is 0 Å². The lowest BCUT2D eigenvalue weighted by Gasteiger charge is -2.15. The minimum absolute atomic E-state index is 0.615. The second-order valence-electron chi connectivity index (χ2n) is 4.93. The lowest BCUT2D eigenvalue weighted by atomic mass is 10.1. The maximum atomic E-state index is 9.45. The molecule has 0 aliphatic heterocycles. The molecule has 0 saturated heterocycles. The minimum Gasteiger partial charge on any atom is -0.455 e. The second kappa shape index (κ2) is 6.69. The van der Waals surface area contributed by atoms with Gasteiger partial charge in [0.1, 0.15) is 23.1 Å². The molecule has 0 spiro atoms. The standard InChI is InChI=1S/C18H19NOS/c1-5-21-17-8-6-7-16(15(17)11-19)20-18-13(3)10-9-12(2)14(18)4/h6-10H,5H2,1-4H3. The number of ether oxygens (including phenoxy) is 1. The molecule has 0 unspecified atom stereocenters. The van der Waals surface area contributed by atoms with Gasteiger partial charge in [0.25, 0.3) is 0 Å². The van der Waals surface area contributed by atoms with E-state index in [0.29, 0.717) is 11.3 Å². The molecule has 108 valence electrons. The van der Waals surface area contributed by atoms with Crippen molar-refractivity contribution in [3.05, 3.63) is 52.6 Å². The van der Waals surface area contributed by atoms with E-state index in [9.17, 15) is 5.26 Å². The quantitative estimate of drug-likeness (QED) is 0.709. The van der Waals surface area contributed by atoms with E-state index >= 15 is 0 Å². The van der Waals surface area contributed by atoms with Crippen LogP contribution in [0.25, 0.3) is 0 Å². The summed E-state index contributed by atoms with van der Waals surface area (Å²) in [5.74, 6) is 2.42. The topological polar surface area (TPSA) is 33.0 Å². The van der Waals surface area contributed by atoms with Crippen molar-refractivity contribution in [1.29, 1.82) is 5.26 Å². The average Bonchev–Trinajstić information content (AvgIpc) is 2.48. The van der Waals surface area contributed by atoms with Crippen molar-refractivity contribution < 1.29 is 4.74 Å². The molecular formula is C18H19NOS. The largest absolute Gasteiger partial charge is 0.455 e. The zero-order valence-corrected chi connectivity index (χ0v) is 13.7. The van der Waals surface area contributed by atoms with Gasteiger partial charge in [-0.25, -0.2) is 0 Å². The van der Waals surface area contributed by atoms with Crippen LogP contribution in [0.3, 0.4) is 0 Å². The molecule has 2 rings (SSSR count). The summed E-state index contributed by atoms with van der Waals surface area (Å²) in [5.41, 5.74) is 4.00. The summed E-state index contributed by atoms with van der Waals surface area (Å²) in [6, 6.07) is 12.2. The SMILES string of the molecule is CCSc1cccc(Oc2c(C)ccc(C)c2C)c1C#N. The predicted molar refractivity (Wildman–Crippen MR) is 88.3 cm³/mol. The molecule has 2 nitrogen and oxygen atoms in total. The van der Waals surface area contributed by atoms with Gasteiger partial charge < -0.3 is 4.74 Å². The molecule has 0 heterocycles. The fourth-order valence-electron chi connectivity index (χ4n) is 2.17. The van der Waals surface area contributed by atoms with E-state index < -0.39 is 0 Å². The van der Waals surface area contributed by atoms with Crippen LogP contribution in [0.15, 0.2) is 35.2 Å². The van der Waals surface area contributed by atoms with Crippen molar-refractivity contribution in [3.63, 3.8) is 0 Å². The van der Waals surface area contributed by atoms with Crippen molar-refractivity contribution in [2.24, 2.45) is 0 Å². The number of rotatable bonds is 4. The van der Waals surface area contributed by atoms with Crippen LogP contribution in [0, 0.1) is 32.1 Å². The first kappa shape index (κ1) is 15.5. The molecule has 21 heavy (non-hydrogen) atoms. The summed E-state index contributed by atoms with van der Waals surface area (Å²) in [7, 11) is 0. The molecule has 3 heteroatoms. The van der Waals surface area contributed by atoms with Gasteiger partial charge in [-0.05, 0) is 55.3 Å². The summed E-state index contributed by atoms with van der Waals surface area (Å²) in [6.07, 6.45) is 0. The maximum absolute atomic E-state index is 9.45. The fraction of sp³-hybridized carbons (Fsp3) is 0.278. The predicted octanol–water partition coefficient (Wildman–Crippen LogP) is 5.39. The Morgan fingerprint density at radius 3 is 2.48 bits per heavy atom. The van der Waals surface area contributed by atoms with Crippen LogP contribution >= 0.6 is 11.8 Å². The van der Waals surface area contributed by atoms with E-state index in [2.05, 4.69) is 26.0 Å². The Morgan fingerprint density at radius 2 is 1.81 bits per heavy atom. The Balaban J connectivity index is 2.48. The third-order valence-corrected chi connectivity index (χ3v) is 4.43. The average molecular weight is 297 g/mol. The number of nitriles is 1. The molecule has 0 N–H and O–H groups in total. The first-order chi connectivity index (χ1) is 10.1. The molecular weight excluding hydrogens is 278 g/mol. The molecule has 2 aromatic rings. The van der Waals surface area contributed by atoms with Crippen LogP contribution in [-0.2, 0) is 0 Å². The molecule has 0 aromatic heterocycles. The first-order valence-electron chi connectivity index (χ1n) is 6.99. The van der Waals surface area contributed by atoms with Crippen molar-refractivity contribution in [2.45, 2.75) is 32.6 Å². The van der Waals surface area contributed by atoms with Gasteiger partial charge in [-0.2, -0.15) is 5.26 Å². The van der Waals surface area contributed by atoms with Crippen LogP contribution in [-0.4, -0.2) is 5.75 Å². The van der Waals surface area contributed by atoms with Crippen molar-refractivity contribution in [3.8, 4) is 17.6 Å². The van der Waals surface area contributed by atoms with E-state index in [1.54, 1.807) is 11.8 Å². The Bertz CT molecular complexity index is 701. The summed E-state index contributed by atoms with van der Waals surface area (Å²) < 4.78 is 6.09. The van der Waals surface area contributed by atoms with E-state index in [0.717, 1.165) is 27.5 Å². The summed E-state index contributed by atoms with van der Waals surface area (Å²) in [6.45, 7) is 8.22. The molecule has 0 radical (unpaired) electrons. The number of aryl methyl sites for hydroxylation is 2. The van der Waals surface area contributed by atoms with Gasteiger partial charge in [-0.1, -0.05) is 25.1 Å². The molecule has 0 fully saturated rings. The normalized spacial score (nSPS) is 10.2. The van der Waals surface area contributed by atoms with E-state index in [1.165, 1.54) is 5.56 Å². The Hall–Kier alpha value is -1.92. The Labute approximate surface area is 130 Å². The molecule has 0 aliphatic rings. The maximum Gasteiger partial charge on any atom is 0.146 e. The van der Waals surface area contributed by atoms with Crippen LogP contribution in [0.1, 0.15) is 29.2 Å². The number of hydrogen-bond donors (Lipinski definition) is 0. The molecule has 0 bridgehead atoms. The monoisotopic (exact) mass is 297 g/mol. The zero-order chi connectivity index (χ0) is 15.4. The third kappa shape index (κ3) is 3.22. The highest BCUT2D eigenvalue weighted by Crippen LogP contribution is 2.35. The molecule has 0 saturated carbocycles. The van der Waals surface area contributed by atoms with Gasteiger partial charge >= 0.3 is 0 Å². The van der Waals surface area contributed by atoms with Crippen molar-refractivity contribution >= 4 is 11.8 Å². The molecule has 0 amide bonds. The van der Waals surface area contributed by atoms with Crippen LogP contribution in [0.4, 0.5) is 0 Å². The van der Waals surface area contributed by atoms with E-state index in [4.69, 9.17) is 4.74 Å². The Morgan fingerprint density at radius 1 is 1.10 bits per heavy atom. The molecule has 2 aromatic carbocycles. The highest BCUT2D eigenvalue weighted by Gasteiger charge is 2.13. The highest BCUT2D eigenvalue weighted by molar-refractivity contribution is 7.99. The molecule has 0 atom stereocenters. The van der Waals surface area contributed by atoms with Gasteiger partial charge in [0, 0.05) is 4.90 Å². The van der Waals surface area contributed by atoms with Crippen LogP contribution < -0.4 is 4.74 Å². The van der Waals surface area contributed by atoms with Gasteiger partial charge in [-0.3, -0.25) is 0 Å². The number of hydrogen-bond acceptors (Lipinski definition) is 3. The lowest BCUT2D eigenvalue weighted by Crippen LogP contribution is -1.96. The third-order valence-electron chi connectivity index (χ3n) is 3.49. The number of thioether (sulfide) groups is 1. The van der Waals surface area contributed by atoms with Gasteiger partial charge in [-0.15, -0.1) is 11.8 Å². The van der Waals surface area contributed by atoms with E-state index in [-0.39, 0.29) is 0 Å². The zero-order valence-electron chi connectivity index (χ0n) is 12.9. The summed E-state index contributed by atoms with van der Waals surface area (Å²) in [5, 5.41) is 9.45. The van der Waals surface area contributed by atoms with Crippen LogP contribution in [0.5, 0.6) is 11.5 Å².